The molecule has 2 rings (SSSR count). The first kappa shape index (κ1) is 15.8. The molecule has 1 amide bonds. The molecular weight excluding hydrogens is 264 g/mol. The van der Waals surface area contributed by atoms with Gasteiger partial charge < -0.3 is 15.0 Å². The molecule has 4 nitrogen and oxygen atoms in total. The minimum Gasteiger partial charge on any atom is -0.497 e. The molecule has 1 aliphatic rings. The maximum Gasteiger partial charge on any atom is 0.237 e. The third kappa shape index (κ3) is 3.97. The Labute approximate surface area is 127 Å². The molecule has 2 atom stereocenters. The molecular formula is C17H26N2O2. The van der Waals surface area contributed by atoms with Crippen molar-refractivity contribution in [2.24, 2.45) is 0 Å². The van der Waals surface area contributed by atoms with E-state index in [1.165, 1.54) is 5.56 Å². The van der Waals surface area contributed by atoms with E-state index in [0.717, 1.165) is 31.6 Å². The van der Waals surface area contributed by atoms with Crippen LogP contribution in [0.1, 0.15) is 44.7 Å². The summed E-state index contributed by atoms with van der Waals surface area (Å²) >= 11 is 0. The van der Waals surface area contributed by atoms with Gasteiger partial charge >= 0.3 is 0 Å². The molecule has 1 fully saturated rings. The van der Waals surface area contributed by atoms with Crippen LogP contribution < -0.4 is 10.1 Å². The zero-order valence-corrected chi connectivity index (χ0v) is 13.3. The number of amides is 1. The van der Waals surface area contributed by atoms with Gasteiger partial charge in [0.15, 0.2) is 0 Å². The molecule has 1 heterocycles. The Kier molecular flexibility index (Phi) is 5.62. The second-order valence-corrected chi connectivity index (χ2v) is 5.71. The lowest BCUT2D eigenvalue weighted by Crippen LogP contribution is -2.40. The van der Waals surface area contributed by atoms with Gasteiger partial charge in [0.25, 0.3) is 0 Å². The fraction of sp³-hybridized carbons (Fsp3) is 0.588. The Morgan fingerprint density at radius 3 is 3.05 bits per heavy atom. The fourth-order valence-corrected chi connectivity index (χ4v) is 2.77. The predicted molar refractivity (Wildman–Crippen MR) is 84.4 cm³/mol. The number of hydrogen-bond donors (Lipinski definition) is 1. The summed E-state index contributed by atoms with van der Waals surface area (Å²) in [5.41, 5.74) is 1.17. The number of nitrogens with one attached hydrogen (secondary N) is 1. The molecule has 0 spiro atoms. The minimum absolute atomic E-state index is 0.186. The van der Waals surface area contributed by atoms with Crippen molar-refractivity contribution in [3.63, 3.8) is 0 Å². The van der Waals surface area contributed by atoms with Crippen molar-refractivity contribution >= 4 is 5.91 Å². The van der Waals surface area contributed by atoms with E-state index < -0.39 is 0 Å². The van der Waals surface area contributed by atoms with Gasteiger partial charge in [0.05, 0.1) is 19.7 Å². The Morgan fingerprint density at radius 1 is 1.52 bits per heavy atom. The maximum atomic E-state index is 12.4. The summed E-state index contributed by atoms with van der Waals surface area (Å²) in [5, 5.41) is 3.29. The van der Waals surface area contributed by atoms with Crippen LogP contribution in [0.2, 0.25) is 0 Å². The Bertz CT molecular complexity index is 476. The highest BCUT2D eigenvalue weighted by molar-refractivity contribution is 5.79. The monoisotopic (exact) mass is 290 g/mol. The Morgan fingerprint density at radius 2 is 2.33 bits per heavy atom. The van der Waals surface area contributed by atoms with Crippen LogP contribution in [0.3, 0.4) is 0 Å². The maximum absolute atomic E-state index is 12.4. The van der Waals surface area contributed by atoms with Gasteiger partial charge in [-0.2, -0.15) is 0 Å². The quantitative estimate of drug-likeness (QED) is 0.876. The molecule has 1 aromatic carbocycles. The topological polar surface area (TPSA) is 41.6 Å². The van der Waals surface area contributed by atoms with Crippen LogP contribution in [0.5, 0.6) is 5.75 Å². The van der Waals surface area contributed by atoms with Gasteiger partial charge in [0, 0.05) is 12.6 Å². The highest BCUT2D eigenvalue weighted by atomic mass is 16.5. The molecule has 0 aromatic heterocycles. The van der Waals surface area contributed by atoms with E-state index in [-0.39, 0.29) is 11.9 Å². The third-order valence-corrected chi connectivity index (χ3v) is 4.27. The number of likely N-dealkylation sites (tertiary alicyclic amines) is 1. The summed E-state index contributed by atoms with van der Waals surface area (Å²) in [7, 11) is 1.67. The molecule has 0 aliphatic carbocycles. The third-order valence-electron chi connectivity index (χ3n) is 4.27. The van der Waals surface area contributed by atoms with Gasteiger partial charge in [-0.15, -0.1) is 0 Å². The van der Waals surface area contributed by atoms with E-state index >= 15 is 0 Å². The smallest absolute Gasteiger partial charge is 0.237 e. The Balaban J connectivity index is 2.03. The summed E-state index contributed by atoms with van der Waals surface area (Å²) in [6, 6.07) is 8.62. The number of benzene rings is 1. The highest BCUT2D eigenvalue weighted by Crippen LogP contribution is 2.33. The zero-order chi connectivity index (χ0) is 15.2. The molecule has 4 heteroatoms. The molecule has 21 heavy (non-hydrogen) atoms. The molecule has 1 N–H and O–H groups in total. The minimum atomic E-state index is 0.186. The van der Waals surface area contributed by atoms with Crippen LogP contribution in [-0.4, -0.2) is 37.0 Å². The summed E-state index contributed by atoms with van der Waals surface area (Å²) in [6.07, 6.45) is 3.13. The van der Waals surface area contributed by atoms with Crippen molar-refractivity contribution in [2.45, 2.75) is 45.2 Å². The van der Waals surface area contributed by atoms with Crippen molar-refractivity contribution < 1.29 is 9.53 Å². The number of carbonyl (C=O) groups excluding carboxylic acids is 1. The normalized spacial score (nSPS) is 19.6. The van der Waals surface area contributed by atoms with E-state index in [0.29, 0.717) is 12.6 Å². The van der Waals surface area contributed by atoms with Gasteiger partial charge in [0.2, 0.25) is 5.91 Å². The van der Waals surface area contributed by atoms with Gasteiger partial charge in [-0.25, -0.2) is 0 Å². The first-order valence-electron chi connectivity index (χ1n) is 7.82. The van der Waals surface area contributed by atoms with Crippen LogP contribution >= 0.6 is 0 Å². The molecule has 0 radical (unpaired) electrons. The zero-order valence-electron chi connectivity index (χ0n) is 13.3. The molecule has 1 aromatic rings. The standard InChI is InChI=1S/C17H26N2O2/c1-4-13(2)18-12-17(20)19-10-6-9-16(19)14-7-5-8-15(11-14)21-3/h5,7-8,11,13,16,18H,4,6,9-10,12H2,1-3H3. The lowest BCUT2D eigenvalue weighted by Gasteiger charge is -2.26. The molecule has 0 bridgehead atoms. The number of ether oxygens (including phenoxy) is 1. The van der Waals surface area contributed by atoms with Crippen molar-refractivity contribution in [3.8, 4) is 5.75 Å². The average molecular weight is 290 g/mol. The summed E-state index contributed by atoms with van der Waals surface area (Å²) in [6.45, 7) is 5.51. The second kappa shape index (κ2) is 7.46. The van der Waals surface area contributed by atoms with Crippen LogP contribution in [0, 0.1) is 0 Å². The van der Waals surface area contributed by atoms with Crippen molar-refractivity contribution in [1.82, 2.24) is 10.2 Å². The first-order chi connectivity index (χ1) is 10.2. The highest BCUT2D eigenvalue weighted by Gasteiger charge is 2.29. The first-order valence-corrected chi connectivity index (χ1v) is 7.82. The molecule has 116 valence electrons. The van der Waals surface area contributed by atoms with E-state index in [9.17, 15) is 4.79 Å². The number of methoxy groups -OCH3 is 1. The Hall–Kier alpha value is -1.55. The lowest BCUT2D eigenvalue weighted by molar-refractivity contribution is -0.131. The summed E-state index contributed by atoms with van der Waals surface area (Å²) in [4.78, 5) is 14.4. The predicted octanol–water partition coefficient (Wildman–Crippen LogP) is 2.75. The van der Waals surface area contributed by atoms with Crippen molar-refractivity contribution in [3.05, 3.63) is 29.8 Å². The SMILES string of the molecule is CCC(C)NCC(=O)N1CCCC1c1cccc(OC)c1. The number of hydrogen-bond acceptors (Lipinski definition) is 3. The largest absolute Gasteiger partial charge is 0.497 e. The van der Waals surface area contributed by atoms with Gasteiger partial charge in [-0.3, -0.25) is 4.79 Å². The van der Waals surface area contributed by atoms with E-state index in [2.05, 4.69) is 25.2 Å². The van der Waals surface area contributed by atoms with E-state index in [1.54, 1.807) is 7.11 Å². The van der Waals surface area contributed by atoms with Gasteiger partial charge in [0.1, 0.15) is 5.75 Å². The number of nitrogens with zero attached hydrogens (tertiary/aromatic N) is 1. The molecule has 2 unspecified atom stereocenters. The van der Waals surface area contributed by atoms with Crippen molar-refractivity contribution in [2.75, 3.05) is 20.2 Å². The van der Waals surface area contributed by atoms with Crippen LogP contribution in [0.25, 0.3) is 0 Å². The summed E-state index contributed by atoms with van der Waals surface area (Å²) < 4.78 is 5.29. The second-order valence-electron chi connectivity index (χ2n) is 5.71. The number of carbonyl (C=O) groups is 1. The van der Waals surface area contributed by atoms with Gasteiger partial charge in [-0.05, 0) is 43.9 Å². The number of rotatable bonds is 6. The molecule has 0 saturated carbocycles. The van der Waals surface area contributed by atoms with E-state index in [4.69, 9.17) is 4.74 Å². The van der Waals surface area contributed by atoms with Crippen LogP contribution in [0.4, 0.5) is 0 Å². The fourth-order valence-electron chi connectivity index (χ4n) is 2.77. The lowest BCUT2D eigenvalue weighted by atomic mass is 10.0. The van der Waals surface area contributed by atoms with Crippen LogP contribution in [-0.2, 0) is 4.79 Å². The van der Waals surface area contributed by atoms with Crippen LogP contribution in [0.15, 0.2) is 24.3 Å². The van der Waals surface area contributed by atoms with Crippen molar-refractivity contribution in [1.29, 1.82) is 0 Å². The summed E-state index contributed by atoms with van der Waals surface area (Å²) in [5.74, 6) is 1.05. The molecule has 1 aliphatic heterocycles. The average Bonchev–Trinajstić information content (AvgIpc) is 3.01. The van der Waals surface area contributed by atoms with E-state index in [1.807, 2.05) is 23.1 Å². The molecule has 1 saturated heterocycles. The van der Waals surface area contributed by atoms with Gasteiger partial charge in [-0.1, -0.05) is 19.1 Å².